The summed E-state index contributed by atoms with van der Waals surface area (Å²) in [6.45, 7) is 9.23. The zero-order chi connectivity index (χ0) is 37.0. The Morgan fingerprint density at radius 2 is 1.56 bits per heavy atom. The van der Waals surface area contributed by atoms with Gasteiger partial charge in [0.2, 0.25) is 0 Å². The zero-order valence-corrected chi connectivity index (χ0v) is 30.1. The molecule has 50 heavy (non-hydrogen) atoms. The molecule has 1 saturated heterocycles. The first-order chi connectivity index (χ1) is 23.3. The van der Waals surface area contributed by atoms with Gasteiger partial charge in [-0.05, 0) is 90.8 Å². The highest BCUT2D eigenvalue weighted by Gasteiger charge is 2.74. The summed E-state index contributed by atoms with van der Waals surface area (Å²) in [4.78, 5) is 26.7. The molecule has 0 bridgehead atoms. The lowest BCUT2D eigenvalue weighted by atomic mass is 9.33. The molecular weight excluding hydrogens is 652 g/mol. The van der Waals surface area contributed by atoms with Crippen molar-refractivity contribution in [2.75, 3.05) is 20.3 Å². The fourth-order valence-corrected chi connectivity index (χ4v) is 12.6. The summed E-state index contributed by atoms with van der Waals surface area (Å²) in [6, 6.07) is 0. The van der Waals surface area contributed by atoms with E-state index in [1.807, 2.05) is 0 Å². The minimum Gasteiger partial charge on any atom is -0.481 e. The van der Waals surface area contributed by atoms with Gasteiger partial charge < -0.3 is 55.1 Å². The van der Waals surface area contributed by atoms with Crippen molar-refractivity contribution in [3.05, 3.63) is 11.6 Å². The van der Waals surface area contributed by atoms with Gasteiger partial charge in [0.05, 0.1) is 25.4 Å². The number of hydrogen-bond donors (Lipinski definition) is 8. The van der Waals surface area contributed by atoms with Crippen LogP contribution < -0.4 is 0 Å². The molecule has 8 N–H and O–H groups in total. The summed E-state index contributed by atoms with van der Waals surface area (Å²) in [6.07, 6.45) is -5.35. The van der Waals surface area contributed by atoms with Gasteiger partial charge in [-0.1, -0.05) is 46.3 Å². The average molecular weight is 711 g/mol. The first-order valence-electron chi connectivity index (χ1n) is 18.2. The van der Waals surface area contributed by atoms with Crippen LogP contribution in [0.25, 0.3) is 0 Å². The second kappa shape index (κ2) is 12.4. The van der Waals surface area contributed by atoms with Crippen LogP contribution in [-0.4, -0.2) is 122 Å². The first kappa shape index (κ1) is 38.1. The number of aliphatic carboxylic acids is 2. The maximum atomic E-state index is 13.6. The van der Waals surface area contributed by atoms with Gasteiger partial charge in [-0.15, -0.1) is 0 Å². The van der Waals surface area contributed by atoms with Gasteiger partial charge >= 0.3 is 11.9 Å². The van der Waals surface area contributed by atoms with Crippen LogP contribution in [-0.2, 0) is 23.8 Å². The van der Waals surface area contributed by atoms with Crippen LogP contribution in [0.4, 0.5) is 0 Å². The van der Waals surface area contributed by atoms with E-state index < -0.39 is 107 Å². The topological polar surface area (TPSA) is 224 Å². The Morgan fingerprint density at radius 1 is 0.880 bits per heavy atom. The second-order valence-electron chi connectivity index (χ2n) is 18.0. The van der Waals surface area contributed by atoms with E-state index in [0.29, 0.717) is 44.9 Å². The predicted molar refractivity (Wildman–Crippen MR) is 176 cm³/mol. The molecule has 1 aliphatic heterocycles. The Kier molecular flexibility index (Phi) is 9.47. The van der Waals surface area contributed by atoms with Crippen LogP contribution in [0.3, 0.4) is 0 Å². The van der Waals surface area contributed by atoms with Gasteiger partial charge in [0.15, 0.2) is 6.29 Å². The quantitative estimate of drug-likeness (QED) is 0.139. The predicted octanol–water partition coefficient (Wildman–Crippen LogP) is 1.69. The summed E-state index contributed by atoms with van der Waals surface area (Å²) >= 11 is 0. The second-order valence-corrected chi connectivity index (χ2v) is 18.0. The van der Waals surface area contributed by atoms with Crippen LogP contribution in [0.5, 0.6) is 0 Å². The van der Waals surface area contributed by atoms with Crippen molar-refractivity contribution >= 4 is 11.9 Å². The van der Waals surface area contributed by atoms with E-state index in [0.717, 1.165) is 5.57 Å². The van der Waals surface area contributed by atoms with Crippen molar-refractivity contribution in [1.29, 1.82) is 0 Å². The van der Waals surface area contributed by atoms with E-state index in [-0.39, 0.29) is 23.7 Å². The molecule has 0 radical (unpaired) electrons. The molecule has 1 heterocycles. The number of rotatable bonds is 7. The third-order valence-electron chi connectivity index (χ3n) is 15.5. The molecule has 4 saturated carbocycles. The first-order valence-corrected chi connectivity index (χ1v) is 18.2. The van der Waals surface area contributed by atoms with Crippen LogP contribution >= 0.6 is 0 Å². The van der Waals surface area contributed by atoms with E-state index in [2.05, 4.69) is 40.7 Å². The number of allylic oxidation sites excluding steroid dienone is 2. The maximum absolute atomic E-state index is 13.6. The van der Waals surface area contributed by atoms with Crippen LogP contribution in [0, 0.1) is 50.2 Å². The van der Waals surface area contributed by atoms with Crippen LogP contribution in [0.2, 0.25) is 0 Å². The number of methoxy groups -OCH3 is 1. The molecule has 6 rings (SSSR count). The van der Waals surface area contributed by atoms with E-state index in [1.165, 1.54) is 7.11 Å². The molecule has 13 nitrogen and oxygen atoms in total. The minimum absolute atomic E-state index is 0.100. The van der Waals surface area contributed by atoms with Crippen molar-refractivity contribution < 1.29 is 64.7 Å². The molecule has 6 aliphatic rings. The highest BCUT2D eigenvalue weighted by atomic mass is 16.7. The van der Waals surface area contributed by atoms with Crippen molar-refractivity contribution in [2.24, 2.45) is 50.2 Å². The number of fused-ring (bicyclic) bond motifs is 7. The molecule has 5 fully saturated rings. The normalized spacial score (nSPS) is 52.8. The molecule has 0 aromatic heterocycles. The van der Waals surface area contributed by atoms with Gasteiger partial charge in [0.1, 0.15) is 41.3 Å². The third kappa shape index (κ3) is 4.90. The van der Waals surface area contributed by atoms with Crippen LogP contribution in [0.1, 0.15) is 86.0 Å². The number of carboxylic acid groups (broad SMARTS) is 2. The largest absolute Gasteiger partial charge is 0.481 e. The molecule has 2 unspecified atom stereocenters. The lowest BCUT2D eigenvalue weighted by Crippen LogP contribution is -2.72. The molecule has 0 spiro atoms. The van der Waals surface area contributed by atoms with E-state index in [9.17, 15) is 50.4 Å². The number of carbonyl (C=O) groups is 2. The summed E-state index contributed by atoms with van der Waals surface area (Å²) in [5.74, 6) is -3.38. The zero-order valence-electron chi connectivity index (χ0n) is 30.1. The Bertz CT molecular complexity index is 1380. The van der Waals surface area contributed by atoms with E-state index >= 15 is 0 Å². The fraction of sp³-hybridized carbons (Fsp3) is 0.892. The summed E-state index contributed by atoms with van der Waals surface area (Å²) < 4.78 is 17.8. The van der Waals surface area contributed by atoms with E-state index in [4.69, 9.17) is 14.2 Å². The van der Waals surface area contributed by atoms with Crippen molar-refractivity contribution in [2.45, 2.75) is 135 Å². The number of aliphatic hydroxyl groups is 6. The lowest BCUT2D eigenvalue weighted by molar-refractivity contribution is -0.345. The Morgan fingerprint density at radius 3 is 2.14 bits per heavy atom. The fourth-order valence-electron chi connectivity index (χ4n) is 12.6. The Labute approximate surface area is 293 Å². The number of ether oxygens (including phenoxy) is 3. The number of carboxylic acids is 2. The van der Waals surface area contributed by atoms with Gasteiger partial charge in [-0.25, -0.2) is 0 Å². The number of aliphatic hydroxyl groups excluding tert-OH is 6. The number of hydrogen-bond acceptors (Lipinski definition) is 11. The Balaban J connectivity index is 1.42. The monoisotopic (exact) mass is 710 g/mol. The minimum atomic E-state index is -1.93. The molecule has 0 amide bonds. The molecule has 0 aromatic rings. The van der Waals surface area contributed by atoms with Crippen LogP contribution in [0.15, 0.2) is 11.6 Å². The van der Waals surface area contributed by atoms with Crippen molar-refractivity contribution in [1.82, 2.24) is 0 Å². The van der Waals surface area contributed by atoms with Gasteiger partial charge in [0, 0.05) is 7.11 Å². The highest BCUT2D eigenvalue weighted by Crippen LogP contribution is 2.76. The van der Waals surface area contributed by atoms with Crippen molar-refractivity contribution in [3.63, 3.8) is 0 Å². The smallest absolute Gasteiger partial charge is 0.315 e. The average Bonchev–Trinajstić information content (AvgIpc) is 3.04. The molecule has 16 atom stereocenters. The third-order valence-corrected chi connectivity index (χ3v) is 15.5. The summed E-state index contributed by atoms with van der Waals surface area (Å²) in [5, 5.41) is 86.2. The van der Waals surface area contributed by atoms with Crippen molar-refractivity contribution in [3.8, 4) is 0 Å². The SMILES string of the molecule is COC1C[C@@]2(C)[C@@H](CC[C@]3(C)[C@@H]2CC=C2[C@@H]4CC(C)(C)CC[C@]4(C(=O)O)C(O)C[C@]23C)[C@@](CO)(C(=O)O)[C@H]1O[C@@H]1O[C@H](CO)[C@@H](O)[C@H](O)[C@H]1O. The maximum Gasteiger partial charge on any atom is 0.315 e. The van der Waals surface area contributed by atoms with E-state index in [1.54, 1.807) is 0 Å². The van der Waals surface area contributed by atoms with Gasteiger partial charge in [-0.2, -0.15) is 0 Å². The lowest BCUT2D eigenvalue weighted by Gasteiger charge is -2.72. The summed E-state index contributed by atoms with van der Waals surface area (Å²) in [7, 11) is 1.43. The molecule has 13 heteroatoms. The molecule has 284 valence electrons. The molecule has 5 aliphatic carbocycles. The van der Waals surface area contributed by atoms with Gasteiger partial charge in [0.25, 0.3) is 0 Å². The molecule has 0 aromatic carbocycles. The summed E-state index contributed by atoms with van der Waals surface area (Å²) in [5.41, 5.74) is -4.01. The molecular formula is C37H58O13. The highest BCUT2D eigenvalue weighted by molar-refractivity contribution is 5.78. The Hall–Kier alpha value is -1.68. The standard InChI is InChI=1S/C37H58O13/c1-32(2)11-12-36(30(44)45)19(13-32)18-7-8-22-33(3)14-20(48-6)28(50-29-27(43)26(42)25(41)21(16-38)49-29)37(17-39,31(46)47)23(33)9-10-34(22,4)35(18,5)15-24(36)40/h7,19-29,38-43H,8-17H2,1-6H3,(H,44,45)(H,46,47)/t19-,20?,21+,22+,23+,24?,25+,26-,27+,28-,29-,33+,34+,35+,36+,37+/m0/s1. The van der Waals surface area contributed by atoms with Gasteiger partial charge in [-0.3, -0.25) is 9.59 Å².